The number of amides is 1. The van der Waals surface area contributed by atoms with Gasteiger partial charge in [0.05, 0.1) is 31.0 Å². The second-order valence-corrected chi connectivity index (χ2v) is 8.40. The van der Waals surface area contributed by atoms with Crippen LogP contribution in [0.25, 0.3) is 0 Å². The van der Waals surface area contributed by atoms with Gasteiger partial charge in [-0.3, -0.25) is 4.79 Å². The molecule has 2 aliphatic rings. The van der Waals surface area contributed by atoms with Gasteiger partial charge in [0.2, 0.25) is 5.88 Å². The molecule has 0 bridgehead atoms. The van der Waals surface area contributed by atoms with Crippen LogP contribution in [0.2, 0.25) is 0 Å². The van der Waals surface area contributed by atoms with Gasteiger partial charge < -0.3 is 25.3 Å². The standard InChI is InChI=1S/C21H22F3N5O4/c1-19-8-31-11-21(19,29-18(25)33-9-19)13-5-12(3-4-14(13)22)28-17(30)15-6-27-16(7-26-15)32-10-20(2,23)24/h3-7H,8-11H2,1-2H3,(H2,25,29)(H,28,30)/t19-,21+/m0/s1. The lowest BCUT2D eigenvalue weighted by Crippen LogP contribution is -2.50. The van der Waals surface area contributed by atoms with Gasteiger partial charge in [-0.25, -0.2) is 28.1 Å². The molecule has 0 spiro atoms. The molecule has 0 radical (unpaired) electrons. The number of nitrogens with one attached hydrogen (secondary N) is 1. The van der Waals surface area contributed by atoms with Crippen LogP contribution in [-0.2, 0) is 15.0 Å². The number of nitrogens with two attached hydrogens (primary N) is 1. The third-order valence-corrected chi connectivity index (χ3v) is 5.57. The lowest BCUT2D eigenvalue weighted by atomic mass is 9.69. The summed E-state index contributed by atoms with van der Waals surface area (Å²) in [5.41, 5.74) is 4.43. The van der Waals surface area contributed by atoms with Gasteiger partial charge in [0.1, 0.15) is 23.7 Å². The molecule has 12 heteroatoms. The fourth-order valence-corrected chi connectivity index (χ4v) is 3.79. The number of hydrogen-bond donors (Lipinski definition) is 2. The highest BCUT2D eigenvalue weighted by Gasteiger charge is 2.58. The predicted molar refractivity (Wildman–Crippen MR) is 111 cm³/mol. The Bertz CT molecular complexity index is 1090. The molecule has 0 aliphatic carbocycles. The van der Waals surface area contributed by atoms with E-state index in [1.807, 2.05) is 6.92 Å². The maximum Gasteiger partial charge on any atom is 0.282 e. The number of ether oxygens (including phenoxy) is 3. The van der Waals surface area contributed by atoms with Crippen LogP contribution in [0.5, 0.6) is 5.88 Å². The average molecular weight is 465 g/mol. The fourth-order valence-electron chi connectivity index (χ4n) is 3.79. The number of halogens is 3. The number of benzene rings is 1. The Morgan fingerprint density at radius 2 is 2.06 bits per heavy atom. The Morgan fingerprint density at radius 3 is 2.76 bits per heavy atom. The van der Waals surface area contributed by atoms with Crippen molar-refractivity contribution < 1.29 is 32.2 Å². The normalized spacial score (nSPS) is 24.5. The van der Waals surface area contributed by atoms with Crippen molar-refractivity contribution in [2.75, 3.05) is 31.7 Å². The molecule has 3 heterocycles. The molecule has 1 fully saturated rings. The van der Waals surface area contributed by atoms with Crippen molar-refractivity contribution in [1.29, 1.82) is 0 Å². The molecule has 1 aromatic carbocycles. The minimum absolute atomic E-state index is 0.0646. The molecule has 1 amide bonds. The summed E-state index contributed by atoms with van der Waals surface area (Å²) in [6.45, 7) is 2.31. The molecular formula is C21H22F3N5O4. The Balaban J connectivity index is 1.55. The van der Waals surface area contributed by atoms with Crippen LogP contribution in [0, 0.1) is 11.2 Å². The summed E-state index contributed by atoms with van der Waals surface area (Å²) in [6.07, 6.45) is 2.16. The van der Waals surface area contributed by atoms with E-state index in [9.17, 15) is 18.0 Å². The third-order valence-electron chi connectivity index (χ3n) is 5.57. The summed E-state index contributed by atoms with van der Waals surface area (Å²) in [5, 5.41) is 2.62. The van der Waals surface area contributed by atoms with Crippen LogP contribution in [0.4, 0.5) is 18.9 Å². The van der Waals surface area contributed by atoms with Crippen LogP contribution >= 0.6 is 0 Å². The summed E-state index contributed by atoms with van der Waals surface area (Å²) < 4.78 is 56.5. The summed E-state index contributed by atoms with van der Waals surface area (Å²) in [5.74, 6) is -4.34. The van der Waals surface area contributed by atoms with Gasteiger partial charge in [-0.05, 0) is 18.2 Å². The second-order valence-electron chi connectivity index (χ2n) is 8.40. The minimum Gasteiger partial charge on any atom is -0.470 e. The van der Waals surface area contributed by atoms with E-state index >= 15 is 0 Å². The molecule has 33 heavy (non-hydrogen) atoms. The largest absolute Gasteiger partial charge is 0.470 e. The lowest BCUT2D eigenvalue weighted by Gasteiger charge is -2.42. The van der Waals surface area contributed by atoms with E-state index < -0.39 is 35.2 Å². The maximum absolute atomic E-state index is 14.9. The SMILES string of the molecule is CC(F)(F)COc1cnc(C(=O)Nc2ccc(F)c([C@]34COC[C@@]3(C)COC(N)=N4)c2)cn1. The van der Waals surface area contributed by atoms with Gasteiger partial charge in [0.25, 0.3) is 17.9 Å². The van der Waals surface area contributed by atoms with Crippen molar-refractivity contribution in [3.8, 4) is 5.88 Å². The van der Waals surface area contributed by atoms with Gasteiger partial charge in [0.15, 0.2) is 6.61 Å². The Labute approximate surface area is 187 Å². The van der Waals surface area contributed by atoms with Gasteiger partial charge in [-0.1, -0.05) is 6.92 Å². The number of anilines is 1. The van der Waals surface area contributed by atoms with Gasteiger partial charge in [0, 0.05) is 18.2 Å². The van der Waals surface area contributed by atoms with Crippen LogP contribution in [0.3, 0.4) is 0 Å². The summed E-state index contributed by atoms with van der Waals surface area (Å²) >= 11 is 0. The van der Waals surface area contributed by atoms with Crippen molar-refractivity contribution >= 4 is 17.6 Å². The molecule has 2 atom stereocenters. The van der Waals surface area contributed by atoms with E-state index in [4.69, 9.17) is 19.9 Å². The van der Waals surface area contributed by atoms with E-state index in [0.29, 0.717) is 13.5 Å². The number of rotatable bonds is 6. The highest BCUT2D eigenvalue weighted by Crippen LogP contribution is 2.51. The predicted octanol–water partition coefficient (Wildman–Crippen LogP) is 2.48. The van der Waals surface area contributed by atoms with E-state index in [1.54, 1.807) is 0 Å². The van der Waals surface area contributed by atoms with Gasteiger partial charge in [-0.2, -0.15) is 0 Å². The van der Waals surface area contributed by atoms with Crippen molar-refractivity contribution in [2.24, 2.45) is 16.1 Å². The van der Waals surface area contributed by atoms with Crippen molar-refractivity contribution in [3.05, 3.63) is 47.7 Å². The molecule has 0 saturated carbocycles. The number of alkyl halides is 2. The molecule has 176 valence electrons. The van der Waals surface area contributed by atoms with Crippen molar-refractivity contribution in [3.63, 3.8) is 0 Å². The zero-order valence-corrected chi connectivity index (χ0v) is 17.9. The van der Waals surface area contributed by atoms with E-state index in [2.05, 4.69) is 20.3 Å². The van der Waals surface area contributed by atoms with Gasteiger partial charge in [-0.15, -0.1) is 0 Å². The molecule has 2 aromatic rings. The first-order valence-electron chi connectivity index (χ1n) is 10.0. The number of aliphatic imine (C=N–C) groups is 1. The first-order chi connectivity index (χ1) is 15.5. The Morgan fingerprint density at radius 1 is 1.27 bits per heavy atom. The fraction of sp³-hybridized carbons (Fsp3) is 0.429. The number of nitrogens with zero attached hydrogens (tertiary/aromatic N) is 3. The van der Waals surface area contributed by atoms with Crippen LogP contribution in [0.1, 0.15) is 29.9 Å². The van der Waals surface area contributed by atoms with Crippen molar-refractivity contribution in [2.45, 2.75) is 25.3 Å². The smallest absolute Gasteiger partial charge is 0.282 e. The highest BCUT2D eigenvalue weighted by atomic mass is 19.3. The Kier molecular flexibility index (Phi) is 5.64. The lowest BCUT2D eigenvalue weighted by molar-refractivity contribution is -0.0243. The number of fused-ring (bicyclic) bond motifs is 1. The summed E-state index contributed by atoms with van der Waals surface area (Å²) in [4.78, 5) is 24.7. The van der Waals surface area contributed by atoms with E-state index in [0.717, 1.165) is 12.4 Å². The van der Waals surface area contributed by atoms with Crippen LogP contribution < -0.4 is 15.8 Å². The molecule has 9 nitrogen and oxygen atoms in total. The van der Waals surface area contributed by atoms with Crippen LogP contribution in [0.15, 0.2) is 35.6 Å². The molecule has 4 rings (SSSR count). The zero-order chi connectivity index (χ0) is 23.9. The maximum atomic E-state index is 14.9. The summed E-state index contributed by atoms with van der Waals surface area (Å²) in [6, 6.07) is 4.01. The van der Waals surface area contributed by atoms with Crippen LogP contribution in [-0.4, -0.2) is 54.2 Å². The Hall–Kier alpha value is -3.41. The molecular weight excluding hydrogens is 443 g/mol. The second kappa shape index (κ2) is 8.18. The zero-order valence-electron chi connectivity index (χ0n) is 17.9. The summed E-state index contributed by atoms with van der Waals surface area (Å²) in [7, 11) is 0. The third kappa shape index (κ3) is 4.42. The molecule has 3 N–H and O–H groups in total. The first-order valence-corrected chi connectivity index (χ1v) is 10.0. The molecule has 2 aliphatic heterocycles. The van der Waals surface area contributed by atoms with Crippen molar-refractivity contribution in [1.82, 2.24) is 9.97 Å². The monoisotopic (exact) mass is 465 g/mol. The highest BCUT2D eigenvalue weighted by molar-refractivity contribution is 6.02. The topological polar surface area (TPSA) is 121 Å². The van der Waals surface area contributed by atoms with E-state index in [-0.39, 0.29) is 42.1 Å². The minimum atomic E-state index is -3.03. The number of aromatic nitrogens is 2. The number of carbonyl (C=O) groups excluding carboxylic acids is 1. The number of carbonyl (C=O) groups is 1. The number of hydrogen-bond acceptors (Lipinski definition) is 8. The van der Waals surface area contributed by atoms with E-state index in [1.165, 1.54) is 18.2 Å². The molecule has 1 saturated heterocycles. The first kappa shape index (κ1) is 22.8. The average Bonchev–Trinajstić information content (AvgIpc) is 3.10. The quantitative estimate of drug-likeness (QED) is 0.672. The number of amidine groups is 1. The molecule has 0 unspecified atom stereocenters. The molecule has 1 aromatic heterocycles. The van der Waals surface area contributed by atoms with Gasteiger partial charge >= 0.3 is 0 Å².